The minimum absolute atomic E-state index is 0.0565. The number of alkyl halides is 3. The number of ether oxygens (including phenoxy) is 1. The topological polar surface area (TPSA) is 82.4 Å². The highest BCUT2D eigenvalue weighted by Gasteiger charge is 2.43. The number of carbonyl (C=O) groups excluding carboxylic acids is 2. The molecule has 3 atom stereocenters. The highest BCUT2D eigenvalue weighted by atomic mass is 19.4. The summed E-state index contributed by atoms with van der Waals surface area (Å²) < 4.78 is 59.4. The molecule has 0 saturated carbocycles. The molecule has 2 amide bonds. The largest absolute Gasteiger partial charge is 0.416 e. The molecule has 6 nitrogen and oxygen atoms in total. The summed E-state index contributed by atoms with van der Waals surface area (Å²) in [6, 6.07) is 9.34. The smallest absolute Gasteiger partial charge is 0.381 e. The minimum Gasteiger partial charge on any atom is -0.381 e. The number of rotatable bonds is 7. The van der Waals surface area contributed by atoms with Crippen molar-refractivity contribution in [3.63, 3.8) is 0 Å². The molecule has 208 valence electrons. The maximum atomic E-state index is 14.9. The zero-order valence-corrected chi connectivity index (χ0v) is 22.0. The lowest BCUT2D eigenvalue weighted by molar-refractivity contribution is -0.138. The van der Waals surface area contributed by atoms with Crippen LogP contribution in [0.15, 0.2) is 42.5 Å². The fourth-order valence-corrected chi connectivity index (χ4v) is 5.20. The summed E-state index contributed by atoms with van der Waals surface area (Å²) in [5.74, 6) is -2.23. The Bertz CT molecular complexity index is 1280. The Morgan fingerprint density at radius 3 is 2.41 bits per heavy atom. The van der Waals surface area contributed by atoms with E-state index in [1.54, 1.807) is 43.0 Å². The lowest BCUT2D eigenvalue weighted by atomic mass is 9.85. The second kappa shape index (κ2) is 11.0. The number of amides is 2. The van der Waals surface area contributed by atoms with Crippen LogP contribution in [0, 0.1) is 23.1 Å². The molecular weight excluding hydrogens is 514 g/mol. The third-order valence-electron chi connectivity index (χ3n) is 7.72. The van der Waals surface area contributed by atoms with Gasteiger partial charge in [-0.1, -0.05) is 25.1 Å². The van der Waals surface area contributed by atoms with Crippen LogP contribution in [0.1, 0.15) is 73.1 Å². The summed E-state index contributed by atoms with van der Waals surface area (Å²) in [4.78, 5) is 28.9. The Morgan fingerprint density at radius 1 is 1.13 bits per heavy atom. The zero-order valence-electron chi connectivity index (χ0n) is 22.0. The van der Waals surface area contributed by atoms with Gasteiger partial charge in [0.1, 0.15) is 11.9 Å². The first-order valence-electron chi connectivity index (χ1n) is 13.0. The number of likely N-dealkylation sites (tertiary alicyclic amines) is 1. The summed E-state index contributed by atoms with van der Waals surface area (Å²) in [6.07, 6.45) is -3.10. The molecule has 1 N–H and O–H groups in total. The van der Waals surface area contributed by atoms with Crippen LogP contribution in [0.4, 0.5) is 17.6 Å². The van der Waals surface area contributed by atoms with E-state index in [0.717, 1.165) is 12.1 Å². The highest BCUT2D eigenvalue weighted by Crippen LogP contribution is 2.36. The van der Waals surface area contributed by atoms with Gasteiger partial charge in [0, 0.05) is 23.1 Å². The van der Waals surface area contributed by atoms with E-state index >= 15 is 0 Å². The molecule has 4 rings (SSSR count). The second-order valence-corrected chi connectivity index (χ2v) is 10.7. The second-order valence-electron chi connectivity index (χ2n) is 10.7. The van der Waals surface area contributed by atoms with E-state index in [1.165, 1.54) is 0 Å². The third kappa shape index (κ3) is 5.78. The van der Waals surface area contributed by atoms with E-state index in [-0.39, 0.29) is 36.6 Å². The summed E-state index contributed by atoms with van der Waals surface area (Å²) in [5.41, 5.74) is -0.956. The van der Waals surface area contributed by atoms with Gasteiger partial charge in [-0.05, 0) is 62.9 Å². The molecule has 0 bridgehead atoms. The van der Waals surface area contributed by atoms with Gasteiger partial charge in [-0.2, -0.15) is 18.4 Å². The van der Waals surface area contributed by atoms with Crippen molar-refractivity contribution in [1.29, 1.82) is 5.26 Å². The van der Waals surface area contributed by atoms with Crippen molar-refractivity contribution in [2.75, 3.05) is 13.2 Å². The van der Waals surface area contributed by atoms with E-state index in [2.05, 4.69) is 11.4 Å². The fraction of sp³-hybridized carbons (Fsp3) is 0.483. The number of carbonyl (C=O) groups is 2. The number of nitrogens with one attached hydrogen (secondary N) is 1. The summed E-state index contributed by atoms with van der Waals surface area (Å²) in [6.45, 7) is 5.87. The molecule has 2 saturated heterocycles. The van der Waals surface area contributed by atoms with Crippen molar-refractivity contribution < 1.29 is 31.9 Å². The SMILES string of the molecule is CC[C@@H]1CC[C@H](C(=O)NC(c2ccc(C(F)(F)F)cc2F)C2COC2)N1C(=O)c1cccc(C(C)(C)C#N)c1. The van der Waals surface area contributed by atoms with Crippen LogP contribution in [0.3, 0.4) is 0 Å². The summed E-state index contributed by atoms with van der Waals surface area (Å²) in [7, 11) is 0. The molecular formula is C29H31F4N3O3. The van der Waals surface area contributed by atoms with Crippen molar-refractivity contribution >= 4 is 11.8 Å². The summed E-state index contributed by atoms with van der Waals surface area (Å²) in [5, 5.41) is 12.3. The lowest BCUT2D eigenvalue weighted by Gasteiger charge is -2.36. The number of hydrogen-bond acceptors (Lipinski definition) is 4. The molecule has 10 heteroatoms. The monoisotopic (exact) mass is 545 g/mol. The molecule has 2 aromatic rings. The molecule has 0 radical (unpaired) electrons. The Hall–Kier alpha value is -3.45. The fourth-order valence-electron chi connectivity index (χ4n) is 5.20. The average molecular weight is 546 g/mol. The molecule has 2 fully saturated rings. The number of halogens is 4. The van der Waals surface area contributed by atoms with Crippen molar-refractivity contribution in [2.45, 2.75) is 69.8 Å². The van der Waals surface area contributed by atoms with Crippen molar-refractivity contribution in [1.82, 2.24) is 10.2 Å². The molecule has 1 unspecified atom stereocenters. The maximum Gasteiger partial charge on any atom is 0.416 e. The Labute approximate surface area is 224 Å². The van der Waals surface area contributed by atoms with Crippen LogP contribution >= 0.6 is 0 Å². The predicted octanol–water partition coefficient (Wildman–Crippen LogP) is 5.53. The van der Waals surface area contributed by atoms with Crippen LogP contribution in [0.25, 0.3) is 0 Å². The number of hydrogen-bond donors (Lipinski definition) is 1. The number of benzene rings is 2. The maximum absolute atomic E-state index is 14.9. The van der Waals surface area contributed by atoms with Crippen LogP contribution in [-0.2, 0) is 21.1 Å². The van der Waals surface area contributed by atoms with Crippen molar-refractivity contribution in [2.24, 2.45) is 5.92 Å². The van der Waals surface area contributed by atoms with Crippen molar-refractivity contribution in [3.05, 3.63) is 70.5 Å². The predicted molar refractivity (Wildman–Crippen MR) is 135 cm³/mol. The molecule has 2 aliphatic heterocycles. The van der Waals surface area contributed by atoms with Crippen LogP contribution in [0.2, 0.25) is 0 Å². The zero-order chi connectivity index (χ0) is 28.5. The van der Waals surface area contributed by atoms with Crippen LogP contribution in [-0.4, -0.2) is 42.0 Å². The van der Waals surface area contributed by atoms with Gasteiger partial charge in [-0.15, -0.1) is 0 Å². The Morgan fingerprint density at radius 2 is 1.85 bits per heavy atom. The van der Waals surface area contributed by atoms with Crippen molar-refractivity contribution in [3.8, 4) is 6.07 Å². The van der Waals surface area contributed by atoms with E-state index < -0.39 is 41.0 Å². The first-order chi connectivity index (χ1) is 18.4. The molecule has 2 heterocycles. The van der Waals surface area contributed by atoms with Crippen LogP contribution < -0.4 is 5.32 Å². The van der Waals surface area contributed by atoms with E-state index in [1.807, 2.05) is 6.92 Å². The average Bonchev–Trinajstić information content (AvgIpc) is 3.30. The van der Waals surface area contributed by atoms with E-state index in [0.29, 0.717) is 36.5 Å². The van der Waals surface area contributed by atoms with Gasteiger partial charge in [-0.25, -0.2) is 4.39 Å². The minimum atomic E-state index is -4.70. The molecule has 2 aromatic carbocycles. The first-order valence-corrected chi connectivity index (χ1v) is 13.0. The number of nitrogens with zero attached hydrogens (tertiary/aromatic N) is 2. The van der Waals surface area contributed by atoms with E-state index in [9.17, 15) is 32.4 Å². The highest BCUT2D eigenvalue weighted by molar-refractivity contribution is 5.98. The van der Waals surface area contributed by atoms with Gasteiger partial charge < -0.3 is 15.0 Å². The third-order valence-corrected chi connectivity index (χ3v) is 7.72. The van der Waals surface area contributed by atoms with Gasteiger partial charge in [0.05, 0.1) is 36.3 Å². The van der Waals surface area contributed by atoms with Gasteiger partial charge in [-0.3, -0.25) is 9.59 Å². The van der Waals surface area contributed by atoms with Gasteiger partial charge in [0.2, 0.25) is 5.91 Å². The quantitative estimate of drug-likeness (QED) is 0.464. The first kappa shape index (κ1) is 28.6. The standard InChI is InChI=1S/C29H31F4N3O3/c1-4-21-9-11-24(36(21)27(38)17-6-5-7-19(12-17)28(2,3)16-34)26(37)35-25(18-14-39-15-18)22-10-8-20(13-23(22)30)29(31,32)33/h5-8,10,12-13,18,21,24-25H,4,9,11,14-15H2,1-3H3,(H,35,37)/t21-,24-,25?/m1/s1. The number of nitriles is 1. The molecule has 39 heavy (non-hydrogen) atoms. The molecule has 0 aliphatic carbocycles. The van der Waals surface area contributed by atoms with Gasteiger partial charge >= 0.3 is 6.18 Å². The van der Waals surface area contributed by atoms with Gasteiger partial charge in [0.25, 0.3) is 5.91 Å². The Balaban J connectivity index is 1.61. The summed E-state index contributed by atoms with van der Waals surface area (Å²) >= 11 is 0. The lowest BCUT2D eigenvalue weighted by Crippen LogP contribution is -2.52. The van der Waals surface area contributed by atoms with E-state index in [4.69, 9.17) is 4.74 Å². The Kier molecular flexibility index (Phi) is 8.03. The molecule has 0 spiro atoms. The molecule has 2 aliphatic rings. The molecule has 0 aromatic heterocycles. The van der Waals surface area contributed by atoms with Crippen LogP contribution in [0.5, 0.6) is 0 Å². The van der Waals surface area contributed by atoms with Gasteiger partial charge in [0.15, 0.2) is 0 Å². The normalized spacial score (nSPS) is 20.7.